The Morgan fingerprint density at radius 2 is 1.80 bits per heavy atom. The van der Waals surface area contributed by atoms with Crippen LogP contribution in [0.4, 0.5) is 4.79 Å². The fraction of sp³-hybridized carbons (Fsp3) is 0.579. The second kappa shape index (κ2) is 7.76. The first-order chi connectivity index (χ1) is 12.1. The maximum Gasteiger partial charge on any atom is 0.317 e. The molecule has 1 aromatic carbocycles. The lowest BCUT2D eigenvalue weighted by Gasteiger charge is -2.33. The van der Waals surface area contributed by atoms with Gasteiger partial charge in [0.1, 0.15) is 5.75 Å². The van der Waals surface area contributed by atoms with Crippen molar-refractivity contribution in [2.45, 2.75) is 38.3 Å². The summed E-state index contributed by atoms with van der Waals surface area (Å²) in [5, 5.41) is 3.01. The first-order valence-electron chi connectivity index (χ1n) is 9.00. The molecular formula is C19H27N3O3. The number of urea groups is 1. The summed E-state index contributed by atoms with van der Waals surface area (Å²) >= 11 is 0. The van der Waals surface area contributed by atoms with Crippen LogP contribution in [0.25, 0.3) is 0 Å². The predicted molar refractivity (Wildman–Crippen MR) is 95.3 cm³/mol. The fourth-order valence-electron chi connectivity index (χ4n) is 3.22. The number of amides is 3. The summed E-state index contributed by atoms with van der Waals surface area (Å²) in [6.07, 6.45) is 3.67. The smallest absolute Gasteiger partial charge is 0.317 e. The van der Waals surface area contributed by atoms with Crippen LogP contribution in [0.1, 0.15) is 31.2 Å². The van der Waals surface area contributed by atoms with Gasteiger partial charge in [0.05, 0.1) is 7.11 Å². The van der Waals surface area contributed by atoms with Gasteiger partial charge in [-0.2, -0.15) is 0 Å². The number of benzene rings is 1. The minimum Gasteiger partial charge on any atom is -0.497 e. The molecule has 3 amide bonds. The quantitative estimate of drug-likeness (QED) is 0.890. The molecule has 3 rings (SSSR count). The van der Waals surface area contributed by atoms with Gasteiger partial charge in [-0.3, -0.25) is 4.79 Å². The number of likely N-dealkylation sites (tertiary alicyclic amines) is 1. The molecule has 25 heavy (non-hydrogen) atoms. The molecule has 1 aliphatic heterocycles. The largest absolute Gasteiger partial charge is 0.497 e. The topological polar surface area (TPSA) is 61.9 Å². The number of piperidine rings is 1. The van der Waals surface area contributed by atoms with Crippen molar-refractivity contribution in [3.05, 3.63) is 29.8 Å². The highest BCUT2D eigenvalue weighted by Crippen LogP contribution is 2.23. The summed E-state index contributed by atoms with van der Waals surface area (Å²) in [6, 6.07) is 8.18. The first-order valence-corrected chi connectivity index (χ1v) is 9.00. The summed E-state index contributed by atoms with van der Waals surface area (Å²) < 4.78 is 5.16. The normalized spacial score (nSPS) is 17.9. The third kappa shape index (κ3) is 4.65. The van der Waals surface area contributed by atoms with Gasteiger partial charge >= 0.3 is 6.03 Å². The summed E-state index contributed by atoms with van der Waals surface area (Å²) in [7, 11) is 3.49. The molecule has 1 heterocycles. The number of carbonyl (C=O) groups excluding carboxylic acids is 2. The minimum atomic E-state index is 0.00761. The number of hydrogen-bond donors (Lipinski definition) is 1. The van der Waals surface area contributed by atoms with Crippen molar-refractivity contribution in [3.63, 3.8) is 0 Å². The van der Waals surface area contributed by atoms with Gasteiger partial charge in [0.25, 0.3) is 0 Å². The van der Waals surface area contributed by atoms with E-state index in [9.17, 15) is 9.59 Å². The SMILES string of the molecule is COc1ccc(CN(C)C(=O)C2CCN(C(=O)NC3CC3)CC2)cc1. The van der Waals surface area contributed by atoms with Crippen molar-refractivity contribution in [1.29, 1.82) is 0 Å². The Bertz CT molecular complexity index is 605. The molecule has 2 fully saturated rings. The van der Waals surface area contributed by atoms with Crippen LogP contribution in [-0.4, -0.2) is 55.0 Å². The van der Waals surface area contributed by atoms with E-state index in [2.05, 4.69) is 5.32 Å². The summed E-state index contributed by atoms with van der Waals surface area (Å²) in [4.78, 5) is 28.4. The Morgan fingerprint density at radius 3 is 2.36 bits per heavy atom. The van der Waals surface area contributed by atoms with Gasteiger partial charge in [0.2, 0.25) is 5.91 Å². The van der Waals surface area contributed by atoms with Gasteiger partial charge in [-0.1, -0.05) is 12.1 Å². The number of nitrogens with zero attached hydrogens (tertiary/aromatic N) is 2. The van der Waals surface area contributed by atoms with Crippen LogP contribution in [0.2, 0.25) is 0 Å². The molecule has 1 aliphatic carbocycles. The molecule has 2 aliphatic rings. The minimum absolute atomic E-state index is 0.00761. The molecule has 6 heteroatoms. The maximum absolute atomic E-state index is 12.7. The molecule has 6 nitrogen and oxygen atoms in total. The molecule has 0 unspecified atom stereocenters. The van der Waals surface area contributed by atoms with Gasteiger partial charge in [0.15, 0.2) is 0 Å². The van der Waals surface area contributed by atoms with E-state index in [1.165, 1.54) is 0 Å². The standard InChI is InChI=1S/C19H27N3O3/c1-21(13-14-3-7-17(25-2)8-4-14)18(23)15-9-11-22(12-10-15)19(24)20-16-5-6-16/h3-4,7-8,15-16H,5-6,9-13H2,1-2H3,(H,20,24). The third-order valence-electron chi connectivity index (χ3n) is 4.99. The molecule has 1 aromatic rings. The summed E-state index contributed by atoms with van der Waals surface area (Å²) in [5.74, 6) is 0.987. The monoisotopic (exact) mass is 345 g/mol. The van der Waals surface area contributed by atoms with Crippen LogP contribution in [0.5, 0.6) is 5.75 Å². The van der Waals surface area contributed by atoms with E-state index >= 15 is 0 Å². The highest BCUT2D eigenvalue weighted by molar-refractivity contribution is 5.79. The van der Waals surface area contributed by atoms with Crippen molar-refractivity contribution in [3.8, 4) is 5.75 Å². The van der Waals surface area contributed by atoms with E-state index in [-0.39, 0.29) is 17.9 Å². The number of rotatable bonds is 5. The molecule has 0 atom stereocenters. The number of carbonyl (C=O) groups is 2. The van der Waals surface area contributed by atoms with Crippen LogP contribution in [0, 0.1) is 5.92 Å². The van der Waals surface area contributed by atoms with Crippen LogP contribution in [0.3, 0.4) is 0 Å². The summed E-state index contributed by atoms with van der Waals surface area (Å²) in [6.45, 7) is 1.90. The lowest BCUT2D eigenvalue weighted by atomic mass is 9.95. The Hall–Kier alpha value is -2.24. The van der Waals surface area contributed by atoms with Gasteiger partial charge in [0, 0.05) is 38.6 Å². The number of nitrogens with one attached hydrogen (secondary N) is 1. The van der Waals surface area contributed by atoms with Crippen molar-refractivity contribution in [2.75, 3.05) is 27.2 Å². The number of methoxy groups -OCH3 is 1. The van der Waals surface area contributed by atoms with Crippen molar-refractivity contribution in [2.24, 2.45) is 5.92 Å². The van der Waals surface area contributed by atoms with Crippen molar-refractivity contribution < 1.29 is 14.3 Å². The summed E-state index contributed by atoms with van der Waals surface area (Å²) in [5.41, 5.74) is 1.08. The molecule has 0 bridgehead atoms. The Morgan fingerprint density at radius 1 is 1.16 bits per heavy atom. The number of ether oxygens (including phenoxy) is 1. The Labute approximate surface area is 149 Å². The van der Waals surface area contributed by atoms with E-state index in [1.54, 1.807) is 12.0 Å². The van der Waals surface area contributed by atoms with Gasteiger partial charge in [-0.05, 0) is 43.4 Å². The van der Waals surface area contributed by atoms with E-state index in [1.807, 2.05) is 36.2 Å². The Balaban J connectivity index is 1.46. The zero-order valence-corrected chi connectivity index (χ0v) is 15.0. The van der Waals surface area contributed by atoms with Crippen molar-refractivity contribution in [1.82, 2.24) is 15.1 Å². The lowest BCUT2D eigenvalue weighted by molar-refractivity contribution is -0.136. The first kappa shape index (κ1) is 17.6. The average Bonchev–Trinajstić information content (AvgIpc) is 3.45. The zero-order valence-electron chi connectivity index (χ0n) is 15.0. The maximum atomic E-state index is 12.7. The highest BCUT2D eigenvalue weighted by atomic mass is 16.5. The second-order valence-corrected chi connectivity index (χ2v) is 7.03. The van der Waals surface area contributed by atoms with Crippen LogP contribution in [-0.2, 0) is 11.3 Å². The van der Waals surface area contributed by atoms with Crippen LogP contribution >= 0.6 is 0 Å². The van der Waals surface area contributed by atoms with Crippen LogP contribution in [0.15, 0.2) is 24.3 Å². The second-order valence-electron chi connectivity index (χ2n) is 7.03. The predicted octanol–water partition coefficient (Wildman–Crippen LogP) is 2.24. The van der Waals surface area contributed by atoms with Gasteiger partial charge < -0.3 is 19.9 Å². The van der Waals surface area contributed by atoms with E-state index < -0.39 is 0 Å². The highest BCUT2D eigenvalue weighted by Gasteiger charge is 2.31. The van der Waals surface area contributed by atoms with E-state index in [0.29, 0.717) is 25.7 Å². The molecule has 1 saturated heterocycles. The van der Waals surface area contributed by atoms with Crippen molar-refractivity contribution >= 4 is 11.9 Å². The fourth-order valence-corrected chi connectivity index (χ4v) is 3.22. The molecule has 0 radical (unpaired) electrons. The number of hydrogen-bond acceptors (Lipinski definition) is 3. The molecule has 1 saturated carbocycles. The van der Waals surface area contributed by atoms with E-state index in [0.717, 1.165) is 37.0 Å². The molecule has 1 N–H and O–H groups in total. The average molecular weight is 345 g/mol. The molecule has 0 spiro atoms. The zero-order chi connectivity index (χ0) is 17.8. The third-order valence-corrected chi connectivity index (χ3v) is 4.99. The Kier molecular flexibility index (Phi) is 5.46. The van der Waals surface area contributed by atoms with Gasteiger partial charge in [-0.15, -0.1) is 0 Å². The van der Waals surface area contributed by atoms with Gasteiger partial charge in [-0.25, -0.2) is 4.79 Å². The lowest BCUT2D eigenvalue weighted by Crippen LogP contribution is -2.47. The molecule has 0 aromatic heterocycles. The molecular weight excluding hydrogens is 318 g/mol. The van der Waals surface area contributed by atoms with Crippen LogP contribution < -0.4 is 10.1 Å². The van der Waals surface area contributed by atoms with E-state index in [4.69, 9.17) is 4.74 Å². The molecule has 136 valence electrons.